The van der Waals surface area contributed by atoms with Crippen molar-refractivity contribution in [3.63, 3.8) is 0 Å². The van der Waals surface area contributed by atoms with Crippen LogP contribution in [0.5, 0.6) is 5.75 Å². The van der Waals surface area contributed by atoms with E-state index in [2.05, 4.69) is 27.7 Å². The van der Waals surface area contributed by atoms with Crippen molar-refractivity contribution in [3.05, 3.63) is 24.3 Å². The molecule has 2 aliphatic rings. The van der Waals surface area contributed by atoms with Gasteiger partial charge in [0.25, 0.3) is 0 Å². The summed E-state index contributed by atoms with van der Waals surface area (Å²) in [5, 5.41) is 6.01. The number of ether oxygens (including phenoxy) is 2. The first-order valence-electron chi connectivity index (χ1n) is 8.79. The Morgan fingerprint density at radius 3 is 2.62 bits per heavy atom. The molecule has 0 radical (unpaired) electrons. The number of hydrogen-bond acceptors (Lipinski definition) is 4. The molecule has 0 bridgehead atoms. The van der Waals surface area contributed by atoms with Gasteiger partial charge >= 0.3 is 6.03 Å². The molecule has 2 amide bonds. The molecule has 2 saturated heterocycles. The van der Waals surface area contributed by atoms with Crippen molar-refractivity contribution in [1.82, 2.24) is 10.6 Å². The van der Waals surface area contributed by atoms with E-state index in [9.17, 15) is 4.79 Å². The van der Waals surface area contributed by atoms with E-state index < -0.39 is 0 Å². The number of carbonyl (C=O) groups is 1. The van der Waals surface area contributed by atoms with Crippen molar-refractivity contribution in [2.24, 2.45) is 0 Å². The first-order valence-corrected chi connectivity index (χ1v) is 8.79. The van der Waals surface area contributed by atoms with Gasteiger partial charge in [0.1, 0.15) is 5.75 Å². The average Bonchev–Trinajstić information content (AvgIpc) is 3.14. The zero-order chi connectivity index (χ0) is 16.8. The third kappa shape index (κ3) is 4.54. The molecule has 1 aromatic rings. The van der Waals surface area contributed by atoms with Crippen molar-refractivity contribution in [2.75, 3.05) is 38.3 Å². The van der Waals surface area contributed by atoms with E-state index in [4.69, 9.17) is 9.47 Å². The van der Waals surface area contributed by atoms with E-state index in [1.807, 2.05) is 12.1 Å². The molecule has 0 aliphatic carbocycles. The number of amides is 2. The normalized spacial score (nSPS) is 21.5. The molecule has 6 heteroatoms. The highest BCUT2D eigenvalue weighted by Crippen LogP contribution is 2.22. The lowest BCUT2D eigenvalue weighted by Gasteiger charge is -2.34. The van der Waals surface area contributed by atoms with Crippen LogP contribution in [0.4, 0.5) is 10.5 Å². The third-order valence-electron chi connectivity index (χ3n) is 4.78. The lowest BCUT2D eigenvalue weighted by atomic mass is 10.0. The van der Waals surface area contributed by atoms with Gasteiger partial charge < -0.3 is 25.0 Å². The maximum Gasteiger partial charge on any atom is 0.315 e. The number of piperidine rings is 1. The summed E-state index contributed by atoms with van der Waals surface area (Å²) in [4.78, 5) is 14.3. The van der Waals surface area contributed by atoms with E-state index in [1.54, 1.807) is 7.11 Å². The van der Waals surface area contributed by atoms with Gasteiger partial charge in [-0.05, 0) is 49.9 Å². The summed E-state index contributed by atoms with van der Waals surface area (Å²) in [7, 11) is 1.68. The van der Waals surface area contributed by atoms with Crippen molar-refractivity contribution in [2.45, 2.75) is 37.8 Å². The summed E-state index contributed by atoms with van der Waals surface area (Å²) >= 11 is 0. The van der Waals surface area contributed by atoms with Gasteiger partial charge in [0.2, 0.25) is 0 Å². The van der Waals surface area contributed by atoms with Crippen LogP contribution in [-0.2, 0) is 4.74 Å². The largest absolute Gasteiger partial charge is 0.497 e. The van der Waals surface area contributed by atoms with Crippen LogP contribution in [0, 0.1) is 0 Å². The van der Waals surface area contributed by atoms with E-state index in [1.165, 1.54) is 5.69 Å². The first-order chi connectivity index (χ1) is 11.7. The minimum Gasteiger partial charge on any atom is -0.497 e. The number of rotatable bonds is 5. The zero-order valence-corrected chi connectivity index (χ0v) is 14.3. The van der Waals surface area contributed by atoms with Gasteiger partial charge in [0, 0.05) is 38.0 Å². The third-order valence-corrected chi connectivity index (χ3v) is 4.78. The van der Waals surface area contributed by atoms with Crippen LogP contribution in [0.25, 0.3) is 0 Å². The fourth-order valence-corrected chi connectivity index (χ4v) is 3.32. The number of benzene rings is 1. The summed E-state index contributed by atoms with van der Waals surface area (Å²) in [5.41, 5.74) is 1.21. The van der Waals surface area contributed by atoms with Gasteiger partial charge in [-0.15, -0.1) is 0 Å². The fourth-order valence-electron chi connectivity index (χ4n) is 3.32. The molecule has 24 heavy (non-hydrogen) atoms. The maximum absolute atomic E-state index is 12.0. The molecule has 0 aromatic heterocycles. The van der Waals surface area contributed by atoms with Crippen LogP contribution < -0.4 is 20.3 Å². The summed E-state index contributed by atoms with van der Waals surface area (Å²) < 4.78 is 10.7. The minimum atomic E-state index is -0.0756. The Hall–Kier alpha value is -1.95. The Morgan fingerprint density at radius 1 is 1.25 bits per heavy atom. The molecule has 2 aliphatic heterocycles. The lowest BCUT2D eigenvalue weighted by Crippen LogP contribution is -2.49. The fraction of sp³-hybridized carbons (Fsp3) is 0.611. The predicted octanol–water partition coefficient (Wildman–Crippen LogP) is 2.14. The SMILES string of the molecule is COc1ccc(N2CCC(NC(=O)NC[C@@H]3CCCO3)CC2)cc1. The van der Waals surface area contributed by atoms with Gasteiger partial charge in [-0.25, -0.2) is 4.79 Å². The molecule has 2 N–H and O–H groups in total. The highest BCUT2D eigenvalue weighted by molar-refractivity contribution is 5.74. The molecular weight excluding hydrogens is 306 g/mol. The van der Waals surface area contributed by atoms with Gasteiger partial charge in [-0.2, -0.15) is 0 Å². The molecule has 0 saturated carbocycles. The van der Waals surface area contributed by atoms with Gasteiger partial charge in [-0.1, -0.05) is 0 Å². The number of hydrogen-bond donors (Lipinski definition) is 2. The summed E-state index contributed by atoms with van der Waals surface area (Å²) in [6.07, 6.45) is 4.24. The van der Waals surface area contributed by atoms with Crippen LogP contribution in [0.3, 0.4) is 0 Å². The molecule has 2 heterocycles. The smallest absolute Gasteiger partial charge is 0.315 e. The molecule has 3 rings (SSSR count). The average molecular weight is 333 g/mol. The van der Waals surface area contributed by atoms with Crippen LogP contribution >= 0.6 is 0 Å². The van der Waals surface area contributed by atoms with Crippen molar-refractivity contribution < 1.29 is 14.3 Å². The van der Waals surface area contributed by atoms with Gasteiger partial charge in [0.15, 0.2) is 0 Å². The number of urea groups is 1. The first kappa shape index (κ1) is 16.9. The Kier molecular flexibility index (Phi) is 5.80. The molecule has 0 spiro atoms. The Bertz CT molecular complexity index is 521. The topological polar surface area (TPSA) is 62.8 Å². The summed E-state index contributed by atoms with van der Waals surface area (Å²) in [6, 6.07) is 8.30. The number of nitrogens with zero attached hydrogens (tertiary/aromatic N) is 1. The van der Waals surface area contributed by atoms with E-state index in [0.717, 1.165) is 51.1 Å². The van der Waals surface area contributed by atoms with Crippen LogP contribution in [0.1, 0.15) is 25.7 Å². The predicted molar refractivity (Wildman–Crippen MR) is 93.7 cm³/mol. The minimum absolute atomic E-state index is 0.0756. The van der Waals surface area contributed by atoms with E-state index in [-0.39, 0.29) is 18.2 Å². The zero-order valence-electron chi connectivity index (χ0n) is 14.3. The maximum atomic E-state index is 12.0. The number of anilines is 1. The van der Waals surface area contributed by atoms with Crippen molar-refractivity contribution in [1.29, 1.82) is 0 Å². The van der Waals surface area contributed by atoms with Crippen LogP contribution in [-0.4, -0.2) is 51.5 Å². The monoisotopic (exact) mass is 333 g/mol. The van der Waals surface area contributed by atoms with Crippen LogP contribution in [0.2, 0.25) is 0 Å². The van der Waals surface area contributed by atoms with Gasteiger partial charge in [0.05, 0.1) is 13.2 Å². The molecule has 1 aromatic carbocycles. The number of carbonyl (C=O) groups excluding carboxylic acids is 1. The Balaban J connectivity index is 1.38. The molecule has 2 fully saturated rings. The second-order valence-corrected chi connectivity index (χ2v) is 6.45. The second-order valence-electron chi connectivity index (χ2n) is 6.45. The highest BCUT2D eigenvalue weighted by Gasteiger charge is 2.22. The molecular formula is C18H27N3O3. The standard InChI is InChI=1S/C18H27N3O3/c1-23-16-6-4-15(5-7-16)21-10-8-14(9-11-21)20-18(22)19-13-17-3-2-12-24-17/h4-7,14,17H,2-3,8-13H2,1H3,(H2,19,20,22)/t17-/m0/s1. The van der Waals surface area contributed by atoms with Gasteiger partial charge in [-0.3, -0.25) is 0 Å². The van der Waals surface area contributed by atoms with E-state index in [0.29, 0.717) is 6.54 Å². The van der Waals surface area contributed by atoms with Crippen molar-refractivity contribution in [3.8, 4) is 5.75 Å². The molecule has 6 nitrogen and oxygen atoms in total. The number of nitrogens with one attached hydrogen (secondary N) is 2. The van der Waals surface area contributed by atoms with Crippen molar-refractivity contribution >= 4 is 11.7 Å². The second kappa shape index (κ2) is 8.24. The molecule has 1 atom stereocenters. The van der Waals surface area contributed by atoms with Crippen LogP contribution in [0.15, 0.2) is 24.3 Å². The summed E-state index contributed by atoms with van der Waals surface area (Å²) in [5.74, 6) is 0.873. The number of methoxy groups -OCH3 is 1. The molecule has 0 unspecified atom stereocenters. The molecule has 132 valence electrons. The quantitative estimate of drug-likeness (QED) is 0.867. The summed E-state index contributed by atoms with van der Waals surface area (Å²) in [6.45, 7) is 3.32. The Labute approximate surface area is 143 Å². The Morgan fingerprint density at radius 2 is 2.00 bits per heavy atom. The van der Waals surface area contributed by atoms with E-state index >= 15 is 0 Å². The highest BCUT2D eigenvalue weighted by atomic mass is 16.5. The lowest BCUT2D eigenvalue weighted by molar-refractivity contribution is 0.111.